The normalized spacial score (nSPS) is 20.5. The molecule has 0 bridgehead atoms. The fourth-order valence-corrected chi connectivity index (χ4v) is 2.88. The van der Waals surface area contributed by atoms with Gasteiger partial charge in [0, 0.05) is 19.2 Å². The molecule has 1 fully saturated rings. The van der Waals surface area contributed by atoms with Crippen LogP contribution in [0.5, 0.6) is 0 Å². The zero-order chi connectivity index (χ0) is 12.7. The first-order valence-corrected chi connectivity index (χ1v) is 7.39. The molecule has 0 heterocycles. The Morgan fingerprint density at radius 1 is 1.24 bits per heavy atom. The van der Waals surface area contributed by atoms with Gasteiger partial charge in [-0.1, -0.05) is 33.1 Å². The molecule has 0 radical (unpaired) electrons. The third-order valence-corrected chi connectivity index (χ3v) is 4.27. The molecule has 17 heavy (non-hydrogen) atoms. The Bertz CT molecular complexity index is 197. The zero-order valence-electron chi connectivity index (χ0n) is 12.0. The van der Waals surface area contributed by atoms with Crippen molar-refractivity contribution >= 4 is 0 Å². The van der Waals surface area contributed by atoms with E-state index < -0.39 is 0 Å². The molecule has 0 saturated heterocycles. The lowest BCUT2D eigenvalue weighted by Crippen LogP contribution is -2.40. The molecule has 1 saturated carbocycles. The fraction of sp³-hybridized carbons (Fsp3) is 1.00. The molecule has 0 spiro atoms. The van der Waals surface area contributed by atoms with E-state index >= 15 is 0 Å². The molecule has 0 amide bonds. The van der Waals surface area contributed by atoms with E-state index in [4.69, 9.17) is 5.11 Å². The van der Waals surface area contributed by atoms with E-state index in [0.717, 1.165) is 25.3 Å². The molecule has 0 aromatic rings. The van der Waals surface area contributed by atoms with Crippen LogP contribution in [0.25, 0.3) is 0 Å². The summed E-state index contributed by atoms with van der Waals surface area (Å²) in [5.41, 5.74) is 0.311. The molecule has 1 aliphatic carbocycles. The molecule has 2 nitrogen and oxygen atoms in total. The fourth-order valence-electron chi connectivity index (χ4n) is 2.88. The van der Waals surface area contributed by atoms with Gasteiger partial charge in [0.2, 0.25) is 0 Å². The summed E-state index contributed by atoms with van der Waals surface area (Å²) in [4.78, 5) is 0. The minimum absolute atomic E-state index is 0.311. The maximum absolute atomic E-state index is 8.89. The molecular formula is C15H31NO. The highest BCUT2D eigenvalue weighted by molar-refractivity contribution is 4.79. The highest BCUT2D eigenvalue weighted by Crippen LogP contribution is 2.27. The van der Waals surface area contributed by atoms with Gasteiger partial charge in [-0.2, -0.15) is 0 Å². The molecule has 0 aromatic carbocycles. The van der Waals surface area contributed by atoms with E-state index in [9.17, 15) is 0 Å². The van der Waals surface area contributed by atoms with Crippen molar-refractivity contribution in [3.8, 4) is 0 Å². The Hall–Kier alpha value is -0.0800. The molecule has 1 aliphatic rings. The number of hydrogen-bond acceptors (Lipinski definition) is 2. The molecule has 2 heteroatoms. The summed E-state index contributed by atoms with van der Waals surface area (Å²) in [6, 6.07) is 0.656. The summed E-state index contributed by atoms with van der Waals surface area (Å²) in [5.74, 6) is 0.886. The molecule has 0 aromatic heterocycles. The maximum Gasteiger partial charge on any atom is 0.0431 e. The second kappa shape index (κ2) is 7.38. The highest BCUT2D eigenvalue weighted by atomic mass is 16.2. The van der Waals surface area contributed by atoms with Crippen molar-refractivity contribution < 1.29 is 5.11 Å². The van der Waals surface area contributed by atoms with Crippen LogP contribution in [0.3, 0.4) is 0 Å². The SMILES string of the molecule is CC(NCC(C)(C)CCCO)C1CCCCC1. The number of hydrogen-bond donors (Lipinski definition) is 2. The largest absolute Gasteiger partial charge is 0.396 e. The third-order valence-electron chi connectivity index (χ3n) is 4.27. The first-order valence-electron chi connectivity index (χ1n) is 7.39. The van der Waals surface area contributed by atoms with E-state index in [1.54, 1.807) is 0 Å². The van der Waals surface area contributed by atoms with Gasteiger partial charge >= 0.3 is 0 Å². The van der Waals surface area contributed by atoms with Crippen molar-refractivity contribution in [2.24, 2.45) is 11.3 Å². The number of rotatable bonds is 7. The van der Waals surface area contributed by atoms with E-state index in [0.29, 0.717) is 18.1 Å². The summed E-state index contributed by atoms with van der Waals surface area (Å²) >= 11 is 0. The van der Waals surface area contributed by atoms with Crippen molar-refractivity contribution in [3.63, 3.8) is 0 Å². The quantitative estimate of drug-likeness (QED) is 0.716. The van der Waals surface area contributed by atoms with Crippen molar-refractivity contribution in [1.29, 1.82) is 0 Å². The van der Waals surface area contributed by atoms with Gasteiger partial charge < -0.3 is 10.4 Å². The second-order valence-electron chi connectivity index (χ2n) is 6.56. The predicted molar refractivity (Wildman–Crippen MR) is 74.1 cm³/mol. The van der Waals surface area contributed by atoms with Crippen LogP contribution in [0.2, 0.25) is 0 Å². The molecular weight excluding hydrogens is 210 g/mol. The average Bonchev–Trinajstić information content (AvgIpc) is 2.35. The minimum atomic E-state index is 0.311. The smallest absolute Gasteiger partial charge is 0.0431 e. The van der Waals surface area contributed by atoms with Crippen LogP contribution in [-0.2, 0) is 0 Å². The second-order valence-corrected chi connectivity index (χ2v) is 6.56. The van der Waals surface area contributed by atoms with Gasteiger partial charge in [0.1, 0.15) is 0 Å². The monoisotopic (exact) mass is 241 g/mol. The summed E-state index contributed by atoms with van der Waals surface area (Å²) in [6.07, 6.45) is 9.12. The Kier molecular flexibility index (Phi) is 6.50. The van der Waals surface area contributed by atoms with Gasteiger partial charge in [-0.05, 0) is 43.9 Å². The summed E-state index contributed by atoms with van der Waals surface area (Å²) in [5, 5.41) is 12.6. The Morgan fingerprint density at radius 3 is 2.47 bits per heavy atom. The molecule has 1 rings (SSSR count). The minimum Gasteiger partial charge on any atom is -0.396 e. The van der Waals surface area contributed by atoms with Gasteiger partial charge in [0.25, 0.3) is 0 Å². The molecule has 1 atom stereocenters. The topological polar surface area (TPSA) is 32.3 Å². The third kappa shape index (κ3) is 5.87. The van der Waals surface area contributed by atoms with Crippen LogP contribution in [-0.4, -0.2) is 24.3 Å². The maximum atomic E-state index is 8.89. The van der Waals surface area contributed by atoms with Gasteiger partial charge in [0.05, 0.1) is 0 Å². The van der Waals surface area contributed by atoms with E-state index in [1.807, 2.05) is 0 Å². The van der Waals surface area contributed by atoms with E-state index in [1.165, 1.54) is 32.1 Å². The molecule has 102 valence electrons. The van der Waals surface area contributed by atoms with Crippen molar-refractivity contribution in [2.45, 2.75) is 71.8 Å². The van der Waals surface area contributed by atoms with Crippen LogP contribution in [0.1, 0.15) is 65.7 Å². The first-order chi connectivity index (χ1) is 8.05. The first kappa shape index (κ1) is 15.0. The van der Waals surface area contributed by atoms with E-state index in [2.05, 4.69) is 26.1 Å². The number of aliphatic hydroxyl groups excluding tert-OH is 1. The number of nitrogens with one attached hydrogen (secondary N) is 1. The standard InChI is InChI=1S/C15H31NO/c1-13(14-8-5-4-6-9-14)16-12-15(2,3)10-7-11-17/h13-14,16-17H,4-12H2,1-3H3. The van der Waals surface area contributed by atoms with Gasteiger partial charge in [0.15, 0.2) is 0 Å². The van der Waals surface area contributed by atoms with Gasteiger partial charge in [-0.25, -0.2) is 0 Å². The molecule has 1 unspecified atom stereocenters. The van der Waals surface area contributed by atoms with Crippen LogP contribution in [0.4, 0.5) is 0 Å². The lowest BCUT2D eigenvalue weighted by atomic mass is 9.83. The Morgan fingerprint density at radius 2 is 1.88 bits per heavy atom. The van der Waals surface area contributed by atoms with Crippen LogP contribution in [0.15, 0.2) is 0 Å². The zero-order valence-corrected chi connectivity index (χ0v) is 12.0. The van der Waals surface area contributed by atoms with Gasteiger partial charge in [-0.3, -0.25) is 0 Å². The summed E-state index contributed by atoms with van der Waals surface area (Å²) in [7, 11) is 0. The number of aliphatic hydroxyl groups is 1. The Balaban J connectivity index is 2.23. The molecule has 0 aliphatic heterocycles. The predicted octanol–water partition coefficient (Wildman–Crippen LogP) is 3.34. The summed E-state index contributed by atoms with van der Waals surface area (Å²) in [6.45, 7) is 8.33. The van der Waals surface area contributed by atoms with Crippen LogP contribution in [0, 0.1) is 11.3 Å². The highest BCUT2D eigenvalue weighted by Gasteiger charge is 2.23. The summed E-state index contributed by atoms with van der Waals surface area (Å²) < 4.78 is 0. The van der Waals surface area contributed by atoms with Gasteiger partial charge in [-0.15, -0.1) is 0 Å². The van der Waals surface area contributed by atoms with Crippen molar-refractivity contribution in [1.82, 2.24) is 5.32 Å². The lowest BCUT2D eigenvalue weighted by molar-refractivity contribution is 0.214. The van der Waals surface area contributed by atoms with E-state index in [-0.39, 0.29) is 0 Å². The van der Waals surface area contributed by atoms with Crippen molar-refractivity contribution in [2.75, 3.05) is 13.2 Å². The van der Waals surface area contributed by atoms with Crippen LogP contribution < -0.4 is 5.32 Å². The lowest BCUT2D eigenvalue weighted by Gasteiger charge is -2.32. The van der Waals surface area contributed by atoms with Crippen LogP contribution >= 0.6 is 0 Å². The Labute approximate surface area is 107 Å². The average molecular weight is 241 g/mol. The van der Waals surface area contributed by atoms with Crippen molar-refractivity contribution in [3.05, 3.63) is 0 Å². The molecule has 2 N–H and O–H groups in total.